The van der Waals surface area contributed by atoms with Crippen molar-refractivity contribution in [3.63, 3.8) is 0 Å². The van der Waals surface area contributed by atoms with E-state index in [1.807, 2.05) is 0 Å². The molecule has 0 heterocycles. The van der Waals surface area contributed by atoms with E-state index in [1.165, 1.54) is 21.0 Å². The molecule has 0 aliphatic heterocycles. The minimum absolute atomic E-state index is 0.131. The molecule has 2 aromatic rings. The van der Waals surface area contributed by atoms with Gasteiger partial charge in [-0.2, -0.15) is 0 Å². The van der Waals surface area contributed by atoms with E-state index >= 15 is 0 Å². The first-order valence-corrected chi connectivity index (χ1v) is 10.0. The Morgan fingerprint density at radius 1 is 1.11 bits per heavy atom. The Bertz CT molecular complexity index is 956. The topological polar surface area (TPSA) is 92.8 Å². The molecule has 144 valence electrons. The number of benzene rings is 2. The summed E-state index contributed by atoms with van der Waals surface area (Å²) in [5, 5.41) is 2.66. The molecule has 0 aliphatic carbocycles. The third-order valence-electron chi connectivity index (χ3n) is 3.93. The number of nitrogens with one attached hydrogen (secondary N) is 1. The molecule has 0 bridgehead atoms. The summed E-state index contributed by atoms with van der Waals surface area (Å²) in [6.45, 7) is 2.92. The van der Waals surface area contributed by atoms with Crippen LogP contribution in [0.4, 0.5) is 11.4 Å². The maximum absolute atomic E-state index is 12.7. The Kier molecular flexibility index (Phi) is 6.22. The zero-order valence-corrected chi connectivity index (χ0v) is 16.4. The first kappa shape index (κ1) is 20.4. The third kappa shape index (κ3) is 5.07. The van der Waals surface area contributed by atoms with Crippen molar-refractivity contribution in [2.45, 2.75) is 19.9 Å². The van der Waals surface area contributed by atoms with Gasteiger partial charge in [-0.05, 0) is 38.1 Å². The van der Waals surface area contributed by atoms with Crippen LogP contribution >= 0.6 is 0 Å². The number of carbonyl (C=O) groups excluding carboxylic acids is 2. The van der Waals surface area contributed by atoms with E-state index in [2.05, 4.69) is 5.32 Å². The van der Waals surface area contributed by atoms with Gasteiger partial charge in [-0.3, -0.25) is 13.9 Å². The zero-order chi connectivity index (χ0) is 20.2. The Balaban J connectivity index is 2.32. The van der Waals surface area contributed by atoms with Gasteiger partial charge in [0.2, 0.25) is 15.9 Å². The summed E-state index contributed by atoms with van der Waals surface area (Å²) in [5.74, 6) is -0.180. The van der Waals surface area contributed by atoms with Crippen molar-refractivity contribution in [1.29, 1.82) is 0 Å². The van der Waals surface area contributed by atoms with E-state index < -0.39 is 22.0 Å². The van der Waals surface area contributed by atoms with Gasteiger partial charge in [0, 0.05) is 17.3 Å². The van der Waals surface area contributed by atoms with Crippen molar-refractivity contribution < 1.29 is 22.7 Å². The van der Waals surface area contributed by atoms with Crippen LogP contribution in [-0.2, 0) is 14.8 Å². The van der Waals surface area contributed by atoms with Crippen molar-refractivity contribution in [2.24, 2.45) is 0 Å². The van der Waals surface area contributed by atoms with Gasteiger partial charge in [-0.25, -0.2) is 8.42 Å². The molecule has 1 amide bonds. The number of rotatable bonds is 7. The van der Waals surface area contributed by atoms with Crippen molar-refractivity contribution >= 4 is 33.1 Å². The fourth-order valence-corrected chi connectivity index (χ4v) is 3.79. The highest BCUT2D eigenvalue weighted by Gasteiger charge is 2.29. The molecule has 0 fully saturated rings. The van der Waals surface area contributed by atoms with Crippen LogP contribution in [0.2, 0.25) is 0 Å². The summed E-state index contributed by atoms with van der Waals surface area (Å²) in [6, 6.07) is 11.9. The predicted molar refractivity (Wildman–Crippen MR) is 105 cm³/mol. The van der Waals surface area contributed by atoms with Crippen LogP contribution in [0, 0.1) is 0 Å². The van der Waals surface area contributed by atoms with Crippen molar-refractivity contribution in [2.75, 3.05) is 23.0 Å². The number of hydrogen-bond acceptors (Lipinski definition) is 5. The van der Waals surface area contributed by atoms with Crippen LogP contribution in [0.5, 0.6) is 5.75 Å². The van der Waals surface area contributed by atoms with Gasteiger partial charge < -0.3 is 10.1 Å². The van der Waals surface area contributed by atoms with Crippen molar-refractivity contribution in [3.05, 3.63) is 54.1 Å². The van der Waals surface area contributed by atoms with E-state index in [9.17, 15) is 18.0 Å². The van der Waals surface area contributed by atoms with Crippen LogP contribution < -0.4 is 14.4 Å². The average molecular weight is 390 g/mol. The van der Waals surface area contributed by atoms with Gasteiger partial charge in [0.1, 0.15) is 11.8 Å². The molecule has 2 rings (SSSR count). The van der Waals surface area contributed by atoms with E-state index in [0.29, 0.717) is 22.7 Å². The molecule has 1 N–H and O–H groups in total. The number of anilines is 2. The van der Waals surface area contributed by atoms with E-state index in [4.69, 9.17) is 4.74 Å². The lowest BCUT2D eigenvalue weighted by molar-refractivity contribution is -0.116. The molecule has 0 aliphatic rings. The Labute approximate surface area is 159 Å². The molecule has 0 unspecified atom stereocenters. The van der Waals surface area contributed by atoms with Gasteiger partial charge in [0.15, 0.2) is 5.78 Å². The number of Topliss-reactive ketones (excluding diaryl/α,β-unsaturated/α-hetero) is 1. The molecule has 7 nitrogen and oxygen atoms in total. The molecular weight excluding hydrogens is 368 g/mol. The lowest BCUT2D eigenvalue weighted by Crippen LogP contribution is -2.45. The molecule has 2 aromatic carbocycles. The van der Waals surface area contributed by atoms with Gasteiger partial charge in [-0.15, -0.1) is 0 Å². The van der Waals surface area contributed by atoms with Crippen LogP contribution in [0.15, 0.2) is 48.5 Å². The SMILES string of the molecule is COc1cccc(N([C@@H](C)C(=O)Nc2cccc(C(C)=O)c2)S(C)(=O)=O)c1. The average Bonchev–Trinajstić information content (AvgIpc) is 2.61. The van der Waals surface area contributed by atoms with Gasteiger partial charge >= 0.3 is 0 Å². The maximum Gasteiger partial charge on any atom is 0.247 e. The summed E-state index contributed by atoms with van der Waals surface area (Å²) in [4.78, 5) is 24.2. The highest BCUT2D eigenvalue weighted by atomic mass is 32.2. The van der Waals surface area contributed by atoms with Crippen molar-refractivity contribution in [3.8, 4) is 5.75 Å². The Morgan fingerprint density at radius 2 is 1.78 bits per heavy atom. The number of sulfonamides is 1. The number of amides is 1. The number of ether oxygens (including phenoxy) is 1. The molecule has 0 spiro atoms. The zero-order valence-electron chi connectivity index (χ0n) is 15.6. The number of ketones is 1. The minimum atomic E-state index is -3.74. The lowest BCUT2D eigenvalue weighted by Gasteiger charge is -2.28. The van der Waals surface area contributed by atoms with Crippen LogP contribution in [-0.4, -0.2) is 39.5 Å². The monoisotopic (exact) mass is 390 g/mol. The fourth-order valence-electron chi connectivity index (χ4n) is 2.62. The smallest absolute Gasteiger partial charge is 0.247 e. The van der Waals surface area contributed by atoms with E-state index in [-0.39, 0.29) is 5.78 Å². The van der Waals surface area contributed by atoms with E-state index in [0.717, 1.165) is 10.6 Å². The molecule has 0 radical (unpaired) electrons. The highest BCUT2D eigenvalue weighted by Crippen LogP contribution is 2.25. The molecule has 27 heavy (non-hydrogen) atoms. The summed E-state index contributed by atoms with van der Waals surface area (Å²) in [5.41, 5.74) is 1.18. The van der Waals surface area contributed by atoms with E-state index in [1.54, 1.807) is 48.5 Å². The normalized spacial score (nSPS) is 12.1. The second-order valence-corrected chi connectivity index (χ2v) is 7.92. The summed E-state index contributed by atoms with van der Waals surface area (Å²) < 4.78 is 30.8. The highest BCUT2D eigenvalue weighted by molar-refractivity contribution is 7.92. The maximum atomic E-state index is 12.7. The molecule has 1 atom stereocenters. The molecule has 0 saturated carbocycles. The molecule has 8 heteroatoms. The van der Waals surface area contributed by atoms with Crippen LogP contribution in [0.3, 0.4) is 0 Å². The molecule has 0 saturated heterocycles. The molecule has 0 aromatic heterocycles. The third-order valence-corrected chi connectivity index (χ3v) is 5.17. The number of carbonyl (C=O) groups is 2. The standard InChI is InChI=1S/C19H22N2O5S/c1-13(19(23)20-16-8-5-7-15(11-16)14(2)22)21(27(4,24)25)17-9-6-10-18(12-17)26-3/h5-13H,1-4H3,(H,20,23)/t13-/m0/s1. The van der Waals surface area contributed by atoms with Crippen LogP contribution in [0.25, 0.3) is 0 Å². The Morgan fingerprint density at radius 3 is 2.37 bits per heavy atom. The second kappa shape index (κ2) is 8.22. The number of hydrogen-bond donors (Lipinski definition) is 1. The second-order valence-electron chi connectivity index (χ2n) is 6.06. The summed E-state index contributed by atoms with van der Waals surface area (Å²) >= 11 is 0. The largest absolute Gasteiger partial charge is 0.497 e. The Hall–Kier alpha value is -2.87. The van der Waals surface area contributed by atoms with Gasteiger partial charge in [0.25, 0.3) is 0 Å². The number of methoxy groups -OCH3 is 1. The predicted octanol–water partition coefficient (Wildman–Crippen LogP) is 2.69. The lowest BCUT2D eigenvalue weighted by atomic mass is 10.1. The van der Waals surface area contributed by atoms with Gasteiger partial charge in [0.05, 0.1) is 19.1 Å². The number of nitrogens with zero attached hydrogens (tertiary/aromatic N) is 1. The van der Waals surface area contributed by atoms with Gasteiger partial charge in [-0.1, -0.05) is 18.2 Å². The quantitative estimate of drug-likeness (QED) is 0.734. The minimum Gasteiger partial charge on any atom is -0.497 e. The first-order valence-electron chi connectivity index (χ1n) is 8.19. The first-order chi connectivity index (χ1) is 12.6. The van der Waals surface area contributed by atoms with Crippen molar-refractivity contribution in [1.82, 2.24) is 0 Å². The molecular formula is C19H22N2O5S. The van der Waals surface area contributed by atoms with Crippen LogP contribution in [0.1, 0.15) is 24.2 Å². The summed E-state index contributed by atoms with van der Waals surface area (Å²) in [6.07, 6.45) is 1.03. The fraction of sp³-hybridized carbons (Fsp3) is 0.263. The summed E-state index contributed by atoms with van der Waals surface area (Å²) in [7, 11) is -2.26.